The molecule has 0 saturated heterocycles. The zero-order chi connectivity index (χ0) is 15.3. The summed E-state index contributed by atoms with van der Waals surface area (Å²) in [5.41, 5.74) is 6.14. The molecule has 0 radical (unpaired) electrons. The summed E-state index contributed by atoms with van der Waals surface area (Å²) in [6, 6.07) is 2.14. The third kappa shape index (κ3) is 1.84. The summed E-state index contributed by atoms with van der Waals surface area (Å²) in [6.07, 6.45) is 9.57. The number of aromatic nitrogens is 5. The average Bonchev–Trinajstić information content (AvgIpc) is 3.19. The van der Waals surface area contributed by atoms with Gasteiger partial charge in [0.15, 0.2) is 0 Å². The second-order valence-corrected chi connectivity index (χ2v) is 5.43. The number of hydrogen-bond acceptors (Lipinski definition) is 4. The van der Waals surface area contributed by atoms with Crippen molar-refractivity contribution in [3.8, 4) is 22.3 Å². The molecule has 0 unspecified atom stereocenters. The van der Waals surface area contributed by atoms with Crippen molar-refractivity contribution in [2.24, 2.45) is 7.05 Å². The van der Waals surface area contributed by atoms with Crippen LogP contribution in [-0.4, -0.2) is 24.3 Å². The van der Waals surface area contributed by atoms with Crippen molar-refractivity contribution in [2.75, 3.05) is 0 Å². The summed E-state index contributed by atoms with van der Waals surface area (Å²) in [5, 5.41) is 8.32. The van der Waals surface area contributed by atoms with Gasteiger partial charge in [-0.05, 0) is 19.9 Å². The van der Waals surface area contributed by atoms with Gasteiger partial charge in [-0.1, -0.05) is 5.16 Å². The molecule has 0 atom stereocenters. The van der Waals surface area contributed by atoms with E-state index in [1.165, 1.54) is 0 Å². The standard InChI is InChI=1S/C16H15N5O/c1-10-16(11(2)22-19-10)14-4-12(13-5-18-20(3)7-13)8-21-9-17-6-15(14)21/h4-9H,1-3H3. The molecule has 4 aromatic heterocycles. The van der Waals surface area contributed by atoms with E-state index in [-0.39, 0.29) is 0 Å². The zero-order valence-electron chi connectivity index (χ0n) is 12.6. The Kier molecular flexibility index (Phi) is 2.66. The molecule has 0 N–H and O–H groups in total. The van der Waals surface area contributed by atoms with E-state index in [1.807, 2.05) is 43.9 Å². The first kappa shape index (κ1) is 12.8. The molecule has 0 aromatic carbocycles. The Labute approximate surface area is 127 Å². The largest absolute Gasteiger partial charge is 0.361 e. The fourth-order valence-electron chi connectivity index (χ4n) is 2.83. The lowest BCUT2D eigenvalue weighted by atomic mass is 10.0. The third-order valence-electron chi connectivity index (χ3n) is 3.86. The molecule has 0 spiro atoms. The summed E-state index contributed by atoms with van der Waals surface area (Å²) in [5.74, 6) is 0.809. The van der Waals surface area contributed by atoms with E-state index < -0.39 is 0 Å². The molecule has 22 heavy (non-hydrogen) atoms. The van der Waals surface area contributed by atoms with Gasteiger partial charge < -0.3 is 8.92 Å². The van der Waals surface area contributed by atoms with Gasteiger partial charge in [-0.15, -0.1) is 0 Å². The van der Waals surface area contributed by atoms with Crippen LogP contribution in [0.2, 0.25) is 0 Å². The fourth-order valence-corrected chi connectivity index (χ4v) is 2.83. The van der Waals surface area contributed by atoms with Crippen LogP contribution in [-0.2, 0) is 7.05 Å². The second-order valence-electron chi connectivity index (χ2n) is 5.43. The molecular weight excluding hydrogens is 278 g/mol. The maximum Gasteiger partial charge on any atom is 0.141 e. The van der Waals surface area contributed by atoms with Crippen molar-refractivity contribution < 1.29 is 4.52 Å². The van der Waals surface area contributed by atoms with Crippen molar-refractivity contribution in [3.63, 3.8) is 0 Å². The van der Waals surface area contributed by atoms with E-state index in [1.54, 1.807) is 11.0 Å². The zero-order valence-corrected chi connectivity index (χ0v) is 12.6. The van der Waals surface area contributed by atoms with Gasteiger partial charge in [-0.2, -0.15) is 5.10 Å². The Morgan fingerprint density at radius 1 is 1.09 bits per heavy atom. The molecule has 0 aliphatic rings. The van der Waals surface area contributed by atoms with Crippen LogP contribution in [0, 0.1) is 13.8 Å². The molecule has 0 saturated carbocycles. The highest BCUT2D eigenvalue weighted by Gasteiger charge is 2.16. The monoisotopic (exact) mass is 293 g/mol. The highest BCUT2D eigenvalue weighted by molar-refractivity contribution is 5.85. The van der Waals surface area contributed by atoms with Crippen LogP contribution in [0.4, 0.5) is 0 Å². The highest BCUT2D eigenvalue weighted by Crippen LogP contribution is 2.33. The number of fused-ring (bicyclic) bond motifs is 1. The summed E-state index contributed by atoms with van der Waals surface area (Å²) >= 11 is 0. The lowest BCUT2D eigenvalue weighted by molar-refractivity contribution is 0.393. The van der Waals surface area contributed by atoms with Gasteiger partial charge >= 0.3 is 0 Å². The Morgan fingerprint density at radius 3 is 2.64 bits per heavy atom. The number of rotatable bonds is 2. The second kappa shape index (κ2) is 4.56. The normalized spacial score (nSPS) is 11.4. The first-order valence-corrected chi connectivity index (χ1v) is 7.01. The van der Waals surface area contributed by atoms with E-state index in [2.05, 4.69) is 27.5 Å². The Morgan fingerprint density at radius 2 is 1.95 bits per heavy atom. The predicted molar refractivity (Wildman–Crippen MR) is 82.4 cm³/mol. The van der Waals surface area contributed by atoms with E-state index in [0.717, 1.165) is 39.2 Å². The van der Waals surface area contributed by atoms with E-state index in [9.17, 15) is 0 Å². The third-order valence-corrected chi connectivity index (χ3v) is 3.86. The molecule has 0 fully saturated rings. The number of imidazole rings is 1. The fraction of sp³-hybridized carbons (Fsp3) is 0.188. The van der Waals surface area contributed by atoms with Gasteiger partial charge in [0, 0.05) is 41.7 Å². The maximum atomic E-state index is 5.33. The van der Waals surface area contributed by atoms with Crippen LogP contribution in [0.1, 0.15) is 11.5 Å². The molecule has 0 bridgehead atoms. The summed E-state index contributed by atoms with van der Waals surface area (Å²) in [7, 11) is 1.91. The van der Waals surface area contributed by atoms with Crippen LogP contribution >= 0.6 is 0 Å². The molecule has 6 nitrogen and oxygen atoms in total. The Hall–Kier alpha value is -2.89. The average molecular weight is 293 g/mol. The van der Waals surface area contributed by atoms with Gasteiger partial charge in [0.25, 0.3) is 0 Å². The van der Waals surface area contributed by atoms with E-state index >= 15 is 0 Å². The van der Waals surface area contributed by atoms with Crippen molar-refractivity contribution >= 4 is 5.52 Å². The molecule has 0 amide bonds. The molecule has 4 aromatic rings. The number of hydrogen-bond donors (Lipinski definition) is 0. The quantitative estimate of drug-likeness (QED) is 0.570. The molecule has 4 rings (SSSR count). The Balaban J connectivity index is 2.03. The number of pyridine rings is 1. The highest BCUT2D eigenvalue weighted by atomic mass is 16.5. The lowest BCUT2D eigenvalue weighted by Crippen LogP contribution is -1.91. The predicted octanol–water partition coefficient (Wildman–Crippen LogP) is 3.01. The molecule has 4 heterocycles. The number of nitrogens with zero attached hydrogens (tertiary/aromatic N) is 5. The van der Waals surface area contributed by atoms with E-state index in [0.29, 0.717) is 0 Å². The molecule has 0 aliphatic heterocycles. The molecule has 6 heteroatoms. The maximum absolute atomic E-state index is 5.33. The summed E-state index contributed by atoms with van der Waals surface area (Å²) < 4.78 is 9.14. The van der Waals surface area contributed by atoms with E-state index in [4.69, 9.17) is 4.52 Å². The van der Waals surface area contributed by atoms with Crippen LogP contribution in [0.3, 0.4) is 0 Å². The van der Waals surface area contributed by atoms with Crippen molar-refractivity contribution in [1.29, 1.82) is 0 Å². The minimum absolute atomic E-state index is 0.809. The smallest absolute Gasteiger partial charge is 0.141 e. The minimum atomic E-state index is 0.809. The van der Waals surface area contributed by atoms with Crippen LogP contribution in [0.5, 0.6) is 0 Å². The topological polar surface area (TPSA) is 61.2 Å². The van der Waals surface area contributed by atoms with Gasteiger partial charge in [-0.3, -0.25) is 4.68 Å². The lowest BCUT2D eigenvalue weighted by Gasteiger charge is -2.07. The van der Waals surface area contributed by atoms with Crippen molar-refractivity contribution in [1.82, 2.24) is 24.3 Å². The van der Waals surface area contributed by atoms with Gasteiger partial charge in [-0.25, -0.2) is 4.98 Å². The SMILES string of the molecule is Cc1noc(C)c1-c1cc(-c2cnn(C)c2)cn2cncc12. The molecule has 0 aliphatic carbocycles. The van der Waals surface area contributed by atoms with Crippen LogP contribution in [0.25, 0.3) is 27.8 Å². The molecular formula is C16H15N5O. The molecule has 110 valence electrons. The first-order valence-electron chi connectivity index (χ1n) is 7.01. The number of aryl methyl sites for hydroxylation is 3. The van der Waals surface area contributed by atoms with Crippen molar-refractivity contribution in [3.05, 3.63) is 48.6 Å². The van der Waals surface area contributed by atoms with Gasteiger partial charge in [0.2, 0.25) is 0 Å². The van der Waals surface area contributed by atoms with Gasteiger partial charge in [0.05, 0.1) is 29.9 Å². The van der Waals surface area contributed by atoms with Crippen molar-refractivity contribution in [2.45, 2.75) is 13.8 Å². The Bertz CT molecular complexity index is 956. The van der Waals surface area contributed by atoms with Gasteiger partial charge in [0.1, 0.15) is 5.76 Å². The first-order chi connectivity index (χ1) is 10.6. The summed E-state index contributed by atoms with van der Waals surface area (Å²) in [4.78, 5) is 4.26. The van der Waals surface area contributed by atoms with Crippen LogP contribution < -0.4 is 0 Å². The van der Waals surface area contributed by atoms with Crippen LogP contribution in [0.15, 0.2) is 41.7 Å². The summed E-state index contributed by atoms with van der Waals surface area (Å²) in [6.45, 7) is 3.88. The minimum Gasteiger partial charge on any atom is -0.361 e.